The van der Waals surface area contributed by atoms with Crippen LogP contribution >= 0.6 is 0 Å². The highest BCUT2D eigenvalue weighted by Gasteiger charge is 2.31. The van der Waals surface area contributed by atoms with Crippen molar-refractivity contribution in [3.63, 3.8) is 0 Å². The van der Waals surface area contributed by atoms with Gasteiger partial charge in [0.15, 0.2) is 0 Å². The Bertz CT molecular complexity index is 419. The van der Waals surface area contributed by atoms with Gasteiger partial charge in [0, 0.05) is 6.04 Å². The number of aliphatic hydroxyl groups is 1. The van der Waals surface area contributed by atoms with Crippen molar-refractivity contribution in [3.8, 4) is 5.75 Å². The van der Waals surface area contributed by atoms with Crippen molar-refractivity contribution in [2.24, 2.45) is 0 Å². The number of methoxy groups -OCH3 is 1. The third-order valence-electron chi connectivity index (χ3n) is 4.13. The summed E-state index contributed by atoms with van der Waals surface area (Å²) in [5, 5.41) is 10.6. The Morgan fingerprint density at radius 3 is 2.79 bits per heavy atom. The van der Waals surface area contributed by atoms with Gasteiger partial charge in [0.25, 0.3) is 0 Å². The second kappa shape index (κ2) is 6.40. The second-order valence-corrected chi connectivity index (χ2v) is 5.24. The number of likely N-dealkylation sites (N-methyl/N-ethyl adjacent to an activating group) is 1. The number of hydrogen-bond donors (Lipinski definition) is 1. The number of hydrogen-bond acceptors (Lipinski definition) is 3. The van der Waals surface area contributed by atoms with Crippen molar-refractivity contribution in [2.75, 3.05) is 20.2 Å². The normalized spacial score (nSPS) is 22.4. The number of ether oxygens (including phenoxy) is 1. The van der Waals surface area contributed by atoms with Crippen molar-refractivity contribution in [1.82, 2.24) is 4.90 Å². The third kappa shape index (κ3) is 2.93. The molecule has 0 bridgehead atoms. The van der Waals surface area contributed by atoms with Gasteiger partial charge in [-0.15, -0.1) is 0 Å². The second-order valence-electron chi connectivity index (χ2n) is 5.24. The molecule has 0 amide bonds. The van der Waals surface area contributed by atoms with Crippen molar-refractivity contribution in [2.45, 2.75) is 45.3 Å². The fraction of sp³-hybridized carbons (Fsp3) is 0.625. The molecular weight excluding hydrogens is 238 g/mol. The van der Waals surface area contributed by atoms with E-state index in [0.29, 0.717) is 0 Å². The monoisotopic (exact) mass is 263 g/mol. The first-order chi connectivity index (χ1) is 9.21. The molecule has 3 heteroatoms. The lowest BCUT2D eigenvalue weighted by Crippen LogP contribution is -2.42. The topological polar surface area (TPSA) is 32.7 Å². The van der Waals surface area contributed by atoms with E-state index in [1.165, 1.54) is 5.56 Å². The van der Waals surface area contributed by atoms with Gasteiger partial charge >= 0.3 is 0 Å². The van der Waals surface area contributed by atoms with Gasteiger partial charge in [-0.25, -0.2) is 0 Å². The summed E-state index contributed by atoms with van der Waals surface area (Å²) in [6.45, 7) is 6.42. The van der Waals surface area contributed by atoms with Crippen molar-refractivity contribution < 1.29 is 9.84 Å². The maximum Gasteiger partial charge on any atom is 0.119 e. The van der Waals surface area contributed by atoms with Crippen LogP contribution in [0.15, 0.2) is 18.2 Å². The number of benzene rings is 1. The van der Waals surface area contributed by atoms with Crippen molar-refractivity contribution >= 4 is 0 Å². The smallest absolute Gasteiger partial charge is 0.119 e. The van der Waals surface area contributed by atoms with Gasteiger partial charge in [-0.2, -0.15) is 0 Å². The Labute approximate surface area is 116 Å². The van der Waals surface area contributed by atoms with Crippen LogP contribution in [0.5, 0.6) is 5.75 Å². The first-order valence-electron chi connectivity index (χ1n) is 7.30. The Balaban J connectivity index is 2.21. The number of fused-ring (bicyclic) bond motifs is 1. The van der Waals surface area contributed by atoms with E-state index < -0.39 is 0 Å². The highest BCUT2D eigenvalue weighted by molar-refractivity contribution is 5.39. The lowest BCUT2D eigenvalue weighted by Gasteiger charge is -2.38. The number of rotatable bonds is 5. The fourth-order valence-corrected chi connectivity index (χ4v) is 3.11. The van der Waals surface area contributed by atoms with Crippen LogP contribution in [0.25, 0.3) is 0 Å². The lowest BCUT2D eigenvalue weighted by molar-refractivity contribution is 0.0386. The number of nitrogens with zero attached hydrogens (tertiary/aromatic N) is 1. The molecule has 1 aliphatic carbocycles. The van der Waals surface area contributed by atoms with E-state index in [1.807, 2.05) is 12.1 Å². The summed E-state index contributed by atoms with van der Waals surface area (Å²) in [5.74, 6) is 0.880. The molecule has 0 saturated heterocycles. The van der Waals surface area contributed by atoms with E-state index in [0.717, 1.165) is 43.7 Å². The quantitative estimate of drug-likeness (QED) is 0.886. The van der Waals surface area contributed by atoms with E-state index in [-0.39, 0.29) is 12.1 Å². The van der Waals surface area contributed by atoms with Gasteiger partial charge in [-0.05, 0) is 55.6 Å². The van der Waals surface area contributed by atoms with Crippen molar-refractivity contribution in [1.29, 1.82) is 0 Å². The maximum absolute atomic E-state index is 10.6. The Morgan fingerprint density at radius 1 is 1.37 bits per heavy atom. The summed E-state index contributed by atoms with van der Waals surface area (Å²) in [6, 6.07) is 6.28. The summed E-state index contributed by atoms with van der Waals surface area (Å²) in [6.07, 6.45) is 2.80. The van der Waals surface area contributed by atoms with E-state index in [9.17, 15) is 5.11 Å². The molecule has 106 valence electrons. The van der Waals surface area contributed by atoms with E-state index in [2.05, 4.69) is 24.8 Å². The summed E-state index contributed by atoms with van der Waals surface area (Å²) in [5.41, 5.74) is 2.31. The highest BCUT2D eigenvalue weighted by atomic mass is 16.5. The molecule has 2 rings (SSSR count). The largest absolute Gasteiger partial charge is 0.497 e. The van der Waals surface area contributed by atoms with E-state index >= 15 is 0 Å². The average Bonchev–Trinajstić information content (AvgIpc) is 2.45. The molecule has 0 aromatic heterocycles. The minimum atomic E-state index is -0.374. The summed E-state index contributed by atoms with van der Waals surface area (Å²) >= 11 is 0. The molecule has 0 aliphatic heterocycles. The minimum absolute atomic E-state index is 0.255. The first-order valence-corrected chi connectivity index (χ1v) is 7.30. The van der Waals surface area contributed by atoms with E-state index in [1.54, 1.807) is 7.11 Å². The van der Waals surface area contributed by atoms with Gasteiger partial charge in [-0.3, -0.25) is 4.90 Å². The van der Waals surface area contributed by atoms with E-state index in [4.69, 9.17) is 4.74 Å². The van der Waals surface area contributed by atoms with Crippen LogP contribution in [-0.4, -0.2) is 36.2 Å². The van der Waals surface area contributed by atoms with Gasteiger partial charge in [0.1, 0.15) is 5.75 Å². The molecule has 0 fully saturated rings. The summed E-state index contributed by atoms with van der Waals surface area (Å²) in [4.78, 5) is 2.40. The molecule has 0 spiro atoms. The number of aryl methyl sites for hydroxylation is 1. The van der Waals surface area contributed by atoms with Crippen LogP contribution in [-0.2, 0) is 6.42 Å². The molecule has 1 N–H and O–H groups in total. The van der Waals surface area contributed by atoms with Crippen LogP contribution in [0.4, 0.5) is 0 Å². The number of aliphatic hydroxyl groups excluding tert-OH is 1. The van der Waals surface area contributed by atoms with Gasteiger partial charge in [0.05, 0.1) is 13.2 Å². The fourth-order valence-electron chi connectivity index (χ4n) is 3.11. The zero-order valence-corrected chi connectivity index (χ0v) is 12.2. The van der Waals surface area contributed by atoms with Crippen molar-refractivity contribution in [3.05, 3.63) is 29.3 Å². The van der Waals surface area contributed by atoms with Gasteiger partial charge < -0.3 is 9.84 Å². The van der Waals surface area contributed by atoms with Crippen LogP contribution in [0, 0.1) is 0 Å². The SMILES string of the molecule is CCCN(CC)C1CCc2cc(OC)ccc2C1O. The molecule has 2 atom stereocenters. The van der Waals surface area contributed by atoms with Crippen LogP contribution in [0.2, 0.25) is 0 Å². The van der Waals surface area contributed by atoms with Crippen LogP contribution in [0.3, 0.4) is 0 Å². The predicted octanol–water partition coefficient (Wildman–Crippen LogP) is 2.78. The summed E-state index contributed by atoms with van der Waals surface area (Å²) < 4.78 is 5.26. The molecule has 19 heavy (non-hydrogen) atoms. The highest BCUT2D eigenvalue weighted by Crippen LogP contribution is 2.34. The third-order valence-corrected chi connectivity index (χ3v) is 4.13. The molecule has 0 saturated carbocycles. The standard InChI is InChI=1S/C16H25NO2/c1-4-10-17(5-2)15-9-6-12-11-13(19-3)7-8-14(12)16(15)18/h7-8,11,15-16,18H,4-6,9-10H2,1-3H3. The van der Waals surface area contributed by atoms with Gasteiger partial charge in [0.2, 0.25) is 0 Å². The lowest BCUT2D eigenvalue weighted by atomic mass is 9.85. The van der Waals surface area contributed by atoms with Crippen LogP contribution < -0.4 is 4.74 Å². The Hall–Kier alpha value is -1.06. The molecule has 2 unspecified atom stereocenters. The zero-order chi connectivity index (χ0) is 13.8. The minimum Gasteiger partial charge on any atom is -0.497 e. The Kier molecular flexibility index (Phi) is 4.83. The molecular formula is C16H25NO2. The molecule has 1 aliphatic rings. The predicted molar refractivity (Wildman–Crippen MR) is 77.6 cm³/mol. The Morgan fingerprint density at radius 2 is 2.16 bits per heavy atom. The molecule has 0 radical (unpaired) electrons. The van der Waals surface area contributed by atoms with Gasteiger partial charge in [-0.1, -0.05) is 19.9 Å². The average molecular weight is 263 g/mol. The first kappa shape index (κ1) is 14.4. The van der Waals surface area contributed by atoms with Crippen LogP contribution in [0.1, 0.15) is 43.9 Å². The molecule has 1 aromatic carbocycles. The zero-order valence-electron chi connectivity index (χ0n) is 12.2. The maximum atomic E-state index is 10.6. The molecule has 3 nitrogen and oxygen atoms in total. The molecule has 0 heterocycles. The molecule has 1 aromatic rings. The summed E-state index contributed by atoms with van der Waals surface area (Å²) in [7, 11) is 1.68.